The molecule has 0 unspecified atom stereocenters. The van der Waals surface area contributed by atoms with Gasteiger partial charge in [0, 0.05) is 24.8 Å². The van der Waals surface area contributed by atoms with Gasteiger partial charge in [-0.3, -0.25) is 4.99 Å². The maximum Gasteiger partial charge on any atom is 0.198 e. The maximum atomic E-state index is 4.62. The third-order valence-electron chi connectivity index (χ3n) is 2.26. The number of hydrogen-bond donors (Lipinski definition) is 1. The molecule has 0 spiro atoms. The molecule has 0 aliphatic heterocycles. The molecule has 0 heterocycles. The van der Waals surface area contributed by atoms with Crippen LogP contribution in [-0.2, 0) is 0 Å². The number of aliphatic imine (C=N–C) groups is 1. The fraction of sp³-hybridized carbons (Fsp3) is 0.500. The van der Waals surface area contributed by atoms with Crippen LogP contribution in [0.1, 0.15) is 27.7 Å². The molecule has 1 rings (SSSR count). The lowest BCUT2D eigenvalue weighted by Crippen LogP contribution is -2.43. The number of anilines is 1. The van der Waals surface area contributed by atoms with E-state index < -0.39 is 0 Å². The predicted molar refractivity (Wildman–Crippen MR) is 75.7 cm³/mol. The van der Waals surface area contributed by atoms with E-state index >= 15 is 0 Å². The third-order valence-corrected chi connectivity index (χ3v) is 2.26. The molecule has 0 radical (unpaired) electrons. The van der Waals surface area contributed by atoms with Crippen molar-refractivity contribution >= 4 is 11.6 Å². The van der Waals surface area contributed by atoms with Crippen LogP contribution in [-0.4, -0.2) is 25.1 Å². The summed E-state index contributed by atoms with van der Waals surface area (Å²) >= 11 is 0. The summed E-state index contributed by atoms with van der Waals surface area (Å²) in [5, 5.41) is 3.39. The summed E-state index contributed by atoms with van der Waals surface area (Å²) in [4.78, 5) is 6.71. The minimum Gasteiger partial charge on any atom is -0.354 e. The molecule has 17 heavy (non-hydrogen) atoms. The summed E-state index contributed by atoms with van der Waals surface area (Å²) in [6.07, 6.45) is 0. The van der Waals surface area contributed by atoms with Crippen molar-refractivity contribution in [2.75, 3.05) is 11.9 Å². The highest BCUT2D eigenvalue weighted by Gasteiger charge is 2.10. The molecule has 1 aromatic carbocycles. The highest BCUT2D eigenvalue weighted by atomic mass is 15.3. The van der Waals surface area contributed by atoms with Crippen LogP contribution >= 0.6 is 0 Å². The molecule has 0 aliphatic rings. The normalized spacial score (nSPS) is 12.1. The number of guanidine groups is 1. The number of benzene rings is 1. The first-order valence-corrected chi connectivity index (χ1v) is 6.13. The first kappa shape index (κ1) is 13.6. The first-order valence-electron chi connectivity index (χ1n) is 6.13. The Balaban J connectivity index is 2.91. The van der Waals surface area contributed by atoms with Gasteiger partial charge in [-0.2, -0.15) is 0 Å². The zero-order valence-electron chi connectivity index (χ0n) is 11.4. The quantitative estimate of drug-likeness (QED) is 0.642. The Morgan fingerprint density at radius 3 is 2.18 bits per heavy atom. The van der Waals surface area contributed by atoms with Crippen molar-refractivity contribution in [3.8, 4) is 0 Å². The molecule has 0 saturated carbocycles. The standard InChI is InChI=1S/C14H23N3/c1-11(2)15-14(16-12(3)4)17(5)13-9-7-6-8-10-13/h6-12H,1-5H3,(H,15,16). The molecule has 94 valence electrons. The second-order valence-electron chi connectivity index (χ2n) is 4.74. The van der Waals surface area contributed by atoms with Gasteiger partial charge in [-0.05, 0) is 39.8 Å². The van der Waals surface area contributed by atoms with Gasteiger partial charge in [0.15, 0.2) is 5.96 Å². The van der Waals surface area contributed by atoms with Crippen molar-refractivity contribution in [1.29, 1.82) is 0 Å². The molecular formula is C14H23N3. The van der Waals surface area contributed by atoms with E-state index in [1.807, 2.05) is 25.2 Å². The molecule has 0 aliphatic carbocycles. The van der Waals surface area contributed by atoms with Crippen LogP contribution in [0.5, 0.6) is 0 Å². The van der Waals surface area contributed by atoms with Crippen molar-refractivity contribution in [1.82, 2.24) is 5.32 Å². The van der Waals surface area contributed by atoms with Gasteiger partial charge in [0.2, 0.25) is 0 Å². The van der Waals surface area contributed by atoms with E-state index in [1.165, 1.54) is 0 Å². The Kier molecular flexibility index (Phi) is 5.01. The average molecular weight is 233 g/mol. The minimum atomic E-state index is 0.280. The first-order chi connectivity index (χ1) is 8.00. The van der Waals surface area contributed by atoms with E-state index in [-0.39, 0.29) is 6.04 Å². The van der Waals surface area contributed by atoms with Crippen LogP contribution in [0.25, 0.3) is 0 Å². The Labute approximate surface area is 105 Å². The number of para-hydroxylation sites is 1. The Bertz CT molecular complexity index is 355. The Hall–Kier alpha value is -1.51. The van der Waals surface area contributed by atoms with Crippen molar-refractivity contribution in [2.24, 2.45) is 4.99 Å². The van der Waals surface area contributed by atoms with Crippen LogP contribution in [0.2, 0.25) is 0 Å². The largest absolute Gasteiger partial charge is 0.354 e. The van der Waals surface area contributed by atoms with E-state index in [2.05, 4.69) is 55.0 Å². The van der Waals surface area contributed by atoms with Gasteiger partial charge in [0.1, 0.15) is 0 Å². The minimum absolute atomic E-state index is 0.280. The fourth-order valence-corrected chi connectivity index (χ4v) is 1.50. The van der Waals surface area contributed by atoms with Gasteiger partial charge >= 0.3 is 0 Å². The zero-order valence-corrected chi connectivity index (χ0v) is 11.4. The molecular weight excluding hydrogens is 210 g/mol. The van der Waals surface area contributed by atoms with Gasteiger partial charge in [0.05, 0.1) is 0 Å². The van der Waals surface area contributed by atoms with Gasteiger partial charge < -0.3 is 10.2 Å². The number of hydrogen-bond acceptors (Lipinski definition) is 1. The molecule has 3 nitrogen and oxygen atoms in total. The summed E-state index contributed by atoms with van der Waals surface area (Å²) < 4.78 is 0. The smallest absolute Gasteiger partial charge is 0.198 e. The summed E-state index contributed by atoms with van der Waals surface area (Å²) in [7, 11) is 2.03. The maximum absolute atomic E-state index is 4.62. The van der Waals surface area contributed by atoms with E-state index in [0.29, 0.717) is 6.04 Å². The zero-order chi connectivity index (χ0) is 12.8. The van der Waals surface area contributed by atoms with Gasteiger partial charge in [-0.15, -0.1) is 0 Å². The number of nitrogens with zero attached hydrogens (tertiary/aromatic N) is 2. The summed E-state index contributed by atoms with van der Waals surface area (Å²) in [6.45, 7) is 8.41. The fourth-order valence-electron chi connectivity index (χ4n) is 1.50. The highest BCUT2D eigenvalue weighted by Crippen LogP contribution is 2.11. The summed E-state index contributed by atoms with van der Waals surface area (Å²) in [5.41, 5.74) is 1.14. The molecule has 0 saturated heterocycles. The van der Waals surface area contributed by atoms with Crippen molar-refractivity contribution < 1.29 is 0 Å². The van der Waals surface area contributed by atoms with E-state index in [0.717, 1.165) is 11.6 Å². The van der Waals surface area contributed by atoms with Crippen LogP contribution in [0.15, 0.2) is 35.3 Å². The van der Waals surface area contributed by atoms with Crippen LogP contribution < -0.4 is 10.2 Å². The van der Waals surface area contributed by atoms with E-state index in [9.17, 15) is 0 Å². The molecule has 0 amide bonds. The molecule has 0 aromatic heterocycles. The summed E-state index contributed by atoms with van der Waals surface area (Å²) in [6, 6.07) is 10.9. The molecule has 0 bridgehead atoms. The third kappa shape index (κ3) is 4.47. The second kappa shape index (κ2) is 6.28. The van der Waals surface area contributed by atoms with Gasteiger partial charge in [-0.1, -0.05) is 18.2 Å². The van der Waals surface area contributed by atoms with Crippen molar-refractivity contribution in [2.45, 2.75) is 39.8 Å². The van der Waals surface area contributed by atoms with Gasteiger partial charge in [0.25, 0.3) is 0 Å². The van der Waals surface area contributed by atoms with Crippen molar-refractivity contribution in [3.05, 3.63) is 30.3 Å². The molecule has 0 fully saturated rings. The van der Waals surface area contributed by atoms with Gasteiger partial charge in [-0.25, -0.2) is 0 Å². The average Bonchev–Trinajstić information content (AvgIpc) is 2.27. The highest BCUT2D eigenvalue weighted by molar-refractivity contribution is 5.95. The lowest BCUT2D eigenvalue weighted by atomic mass is 10.3. The molecule has 1 aromatic rings. The molecule has 3 heteroatoms. The van der Waals surface area contributed by atoms with E-state index in [1.54, 1.807) is 0 Å². The van der Waals surface area contributed by atoms with Crippen molar-refractivity contribution in [3.63, 3.8) is 0 Å². The monoisotopic (exact) mass is 233 g/mol. The Morgan fingerprint density at radius 1 is 1.12 bits per heavy atom. The second-order valence-corrected chi connectivity index (χ2v) is 4.74. The molecule has 0 atom stereocenters. The molecule has 1 N–H and O–H groups in total. The Morgan fingerprint density at radius 2 is 1.71 bits per heavy atom. The number of nitrogens with one attached hydrogen (secondary N) is 1. The van der Waals surface area contributed by atoms with Crippen LogP contribution in [0.4, 0.5) is 5.69 Å². The predicted octanol–water partition coefficient (Wildman–Crippen LogP) is 2.89. The number of rotatable bonds is 3. The van der Waals surface area contributed by atoms with E-state index in [4.69, 9.17) is 0 Å². The van der Waals surface area contributed by atoms with Crippen LogP contribution in [0, 0.1) is 0 Å². The lowest BCUT2D eigenvalue weighted by molar-refractivity contribution is 0.708. The topological polar surface area (TPSA) is 27.6 Å². The van der Waals surface area contributed by atoms with Crippen LogP contribution in [0.3, 0.4) is 0 Å². The SMILES string of the molecule is CC(C)N=C(NC(C)C)N(C)c1ccccc1. The lowest BCUT2D eigenvalue weighted by Gasteiger charge is -2.25. The summed E-state index contributed by atoms with van der Waals surface area (Å²) in [5.74, 6) is 0.918.